The van der Waals surface area contributed by atoms with Crippen LogP contribution in [0.5, 0.6) is 5.75 Å². The molecule has 1 aromatic rings. The molecule has 0 unspecified atom stereocenters. The summed E-state index contributed by atoms with van der Waals surface area (Å²) in [5.41, 5.74) is 0.0152. The Morgan fingerprint density at radius 2 is 1.94 bits per heavy atom. The minimum absolute atomic E-state index is 0.0152. The van der Waals surface area contributed by atoms with Gasteiger partial charge in [0.2, 0.25) is 0 Å². The lowest BCUT2D eigenvalue weighted by atomic mass is 10.3. The smallest absolute Gasteiger partial charge is 0.271 e. The van der Waals surface area contributed by atoms with Gasteiger partial charge in [0.05, 0.1) is 13.9 Å². The highest BCUT2D eigenvalue weighted by molar-refractivity contribution is 9.11. The first-order chi connectivity index (χ1) is 8.41. The van der Waals surface area contributed by atoms with Crippen LogP contribution in [0.4, 0.5) is 5.69 Å². The van der Waals surface area contributed by atoms with Gasteiger partial charge in [-0.3, -0.25) is 10.1 Å². The maximum atomic E-state index is 10.7. The van der Waals surface area contributed by atoms with E-state index in [2.05, 4.69) is 51.0 Å². The van der Waals surface area contributed by atoms with Crippen LogP contribution in [-0.4, -0.2) is 24.1 Å². The highest BCUT2D eigenvalue weighted by atomic mass is 79.9. The van der Waals surface area contributed by atoms with Gasteiger partial charge in [-0.15, -0.1) is 0 Å². The molecule has 0 fully saturated rings. The Hall–Kier alpha value is -0.660. The molecule has 0 aliphatic rings. The molecule has 1 aromatic carbocycles. The minimum atomic E-state index is -0.445. The monoisotopic (exact) mass is 380 g/mol. The Kier molecular flexibility index (Phi) is 6.04. The second kappa shape index (κ2) is 7.06. The molecule has 0 aromatic heterocycles. The molecule has 100 valence electrons. The molecule has 0 heterocycles. The van der Waals surface area contributed by atoms with Gasteiger partial charge >= 0.3 is 0 Å². The minimum Gasteiger partial charge on any atom is -0.490 e. The molecule has 0 aliphatic carbocycles. The number of halogens is 2. The summed E-state index contributed by atoms with van der Waals surface area (Å²) in [5, 5.41) is 13.9. The molecule has 0 atom stereocenters. The van der Waals surface area contributed by atoms with E-state index < -0.39 is 4.92 Å². The summed E-state index contributed by atoms with van der Waals surface area (Å²) in [5.74, 6) is 0.575. The second-order valence-corrected chi connectivity index (χ2v) is 5.66. The first kappa shape index (κ1) is 15.4. The summed E-state index contributed by atoms with van der Waals surface area (Å²) in [6.07, 6.45) is 0. The first-order valence-electron chi connectivity index (χ1n) is 5.41. The largest absolute Gasteiger partial charge is 0.490 e. The van der Waals surface area contributed by atoms with Gasteiger partial charge in [-0.1, -0.05) is 13.8 Å². The maximum absolute atomic E-state index is 10.7. The van der Waals surface area contributed by atoms with E-state index in [4.69, 9.17) is 4.74 Å². The standard InChI is InChI=1S/C11H14Br2N2O3/c1-7(2)14-3-4-18-11-9(12)5-8(15(16)17)6-10(11)13/h5-7,14H,3-4H2,1-2H3. The summed E-state index contributed by atoms with van der Waals surface area (Å²) in [6.45, 7) is 5.32. The van der Waals surface area contributed by atoms with Crippen LogP contribution in [0.2, 0.25) is 0 Å². The molecule has 5 nitrogen and oxygen atoms in total. The first-order valence-corrected chi connectivity index (χ1v) is 7.00. The molecule has 1 N–H and O–H groups in total. The average Bonchev–Trinajstić information content (AvgIpc) is 2.26. The number of non-ortho nitro benzene ring substituents is 1. The Labute approximate surface area is 122 Å². The van der Waals surface area contributed by atoms with Gasteiger partial charge in [-0.05, 0) is 31.9 Å². The molecule has 7 heteroatoms. The van der Waals surface area contributed by atoms with Crippen molar-refractivity contribution in [2.24, 2.45) is 0 Å². The number of rotatable bonds is 6. The summed E-state index contributed by atoms with van der Waals surface area (Å²) in [7, 11) is 0. The molecule has 18 heavy (non-hydrogen) atoms. The van der Waals surface area contributed by atoms with Gasteiger partial charge < -0.3 is 10.1 Å². The van der Waals surface area contributed by atoms with Crippen LogP contribution >= 0.6 is 31.9 Å². The molecule has 0 aliphatic heterocycles. The van der Waals surface area contributed by atoms with Crippen LogP contribution in [-0.2, 0) is 0 Å². The van der Waals surface area contributed by atoms with Crippen molar-refractivity contribution in [1.29, 1.82) is 0 Å². The van der Waals surface area contributed by atoms with E-state index in [0.29, 0.717) is 33.9 Å². The lowest BCUT2D eigenvalue weighted by molar-refractivity contribution is -0.385. The van der Waals surface area contributed by atoms with Crippen molar-refractivity contribution in [3.05, 3.63) is 31.2 Å². The van der Waals surface area contributed by atoms with Crippen LogP contribution < -0.4 is 10.1 Å². The molecule has 0 spiro atoms. The lowest BCUT2D eigenvalue weighted by Crippen LogP contribution is -2.27. The SMILES string of the molecule is CC(C)NCCOc1c(Br)cc([N+](=O)[O-])cc1Br. The van der Waals surface area contributed by atoms with Crippen molar-refractivity contribution in [2.45, 2.75) is 19.9 Å². The fourth-order valence-electron chi connectivity index (χ4n) is 1.29. The average molecular weight is 382 g/mol. The van der Waals surface area contributed by atoms with E-state index >= 15 is 0 Å². The number of nitro benzene ring substituents is 1. The second-order valence-electron chi connectivity index (χ2n) is 3.95. The Balaban J connectivity index is 2.69. The normalized spacial score (nSPS) is 10.7. The van der Waals surface area contributed by atoms with E-state index in [0.717, 1.165) is 0 Å². The third-order valence-corrected chi connectivity index (χ3v) is 3.27. The van der Waals surface area contributed by atoms with E-state index in [1.807, 2.05) is 0 Å². The topological polar surface area (TPSA) is 64.4 Å². The molecule has 0 saturated heterocycles. The van der Waals surface area contributed by atoms with Gasteiger partial charge in [0.15, 0.2) is 0 Å². The number of nitro groups is 1. The van der Waals surface area contributed by atoms with Gasteiger partial charge in [-0.25, -0.2) is 0 Å². The number of ether oxygens (including phenoxy) is 1. The van der Waals surface area contributed by atoms with Gasteiger partial charge in [-0.2, -0.15) is 0 Å². The number of hydrogen-bond acceptors (Lipinski definition) is 4. The van der Waals surface area contributed by atoms with Gasteiger partial charge in [0.1, 0.15) is 12.4 Å². The summed E-state index contributed by atoms with van der Waals surface area (Å²) in [4.78, 5) is 10.2. The van der Waals surface area contributed by atoms with Crippen LogP contribution in [0, 0.1) is 10.1 Å². The van der Waals surface area contributed by atoms with Crippen molar-refractivity contribution in [3.63, 3.8) is 0 Å². The number of hydrogen-bond donors (Lipinski definition) is 1. The highest BCUT2D eigenvalue weighted by Crippen LogP contribution is 2.37. The van der Waals surface area contributed by atoms with E-state index in [9.17, 15) is 10.1 Å². The predicted octanol–water partition coefficient (Wildman–Crippen LogP) is 3.50. The quantitative estimate of drug-likeness (QED) is 0.465. The molecule has 0 amide bonds. The Bertz CT molecular complexity index is 415. The zero-order valence-corrected chi connectivity index (χ0v) is 13.2. The van der Waals surface area contributed by atoms with Crippen LogP contribution in [0.1, 0.15) is 13.8 Å². The number of nitrogens with zero attached hydrogens (tertiary/aromatic N) is 1. The van der Waals surface area contributed by atoms with Crippen molar-refractivity contribution >= 4 is 37.5 Å². The van der Waals surface area contributed by atoms with E-state index in [1.54, 1.807) is 0 Å². The van der Waals surface area contributed by atoms with Gasteiger partial charge in [0, 0.05) is 24.7 Å². The fraction of sp³-hybridized carbons (Fsp3) is 0.455. The molecular formula is C11H14Br2N2O3. The Morgan fingerprint density at radius 3 is 2.39 bits per heavy atom. The molecule has 0 bridgehead atoms. The van der Waals surface area contributed by atoms with Crippen molar-refractivity contribution in [1.82, 2.24) is 5.32 Å². The number of nitrogens with one attached hydrogen (secondary N) is 1. The Morgan fingerprint density at radius 1 is 1.39 bits per heavy atom. The predicted molar refractivity (Wildman–Crippen MR) is 77.1 cm³/mol. The fourth-order valence-corrected chi connectivity index (χ4v) is 2.68. The highest BCUT2D eigenvalue weighted by Gasteiger charge is 2.14. The molecular weight excluding hydrogens is 368 g/mol. The molecule has 0 radical (unpaired) electrons. The van der Waals surface area contributed by atoms with Crippen molar-refractivity contribution in [2.75, 3.05) is 13.2 Å². The summed E-state index contributed by atoms with van der Waals surface area (Å²) in [6, 6.07) is 3.25. The zero-order chi connectivity index (χ0) is 13.7. The van der Waals surface area contributed by atoms with Crippen molar-refractivity contribution < 1.29 is 9.66 Å². The molecule has 1 rings (SSSR count). The number of benzene rings is 1. The third kappa shape index (κ3) is 4.55. The van der Waals surface area contributed by atoms with Crippen LogP contribution in [0.3, 0.4) is 0 Å². The summed E-state index contributed by atoms with van der Waals surface area (Å²) < 4.78 is 6.70. The zero-order valence-electron chi connectivity index (χ0n) is 10.1. The van der Waals surface area contributed by atoms with E-state index in [1.165, 1.54) is 12.1 Å². The van der Waals surface area contributed by atoms with Gasteiger partial charge in [0.25, 0.3) is 5.69 Å². The lowest BCUT2D eigenvalue weighted by Gasteiger charge is -2.12. The van der Waals surface area contributed by atoms with E-state index in [-0.39, 0.29) is 5.69 Å². The third-order valence-electron chi connectivity index (χ3n) is 2.09. The van der Waals surface area contributed by atoms with Crippen LogP contribution in [0.25, 0.3) is 0 Å². The van der Waals surface area contributed by atoms with Crippen molar-refractivity contribution in [3.8, 4) is 5.75 Å². The maximum Gasteiger partial charge on any atom is 0.271 e. The van der Waals surface area contributed by atoms with Crippen LogP contribution in [0.15, 0.2) is 21.1 Å². The summed E-state index contributed by atoms with van der Waals surface area (Å²) >= 11 is 6.53. The molecule has 0 saturated carbocycles.